The summed E-state index contributed by atoms with van der Waals surface area (Å²) in [5, 5.41) is 5.90. The molecule has 0 bridgehead atoms. The number of anilines is 2. The van der Waals surface area contributed by atoms with Crippen molar-refractivity contribution in [1.29, 1.82) is 0 Å². The Kier molecular flexibility index (Phi) is 5.51. The molecular weight excluding hydrogens is 302 g/mol. The Hall–Kier alpha value is -1.88. The normalized spacial score (nSPS) is 20.0. The van der Waals surface area contributed by atoms with Gasteiger partial charge in [-0.25, -0.2) is 0 Å². The SMILES string of the molecule is CC(C(=O)Nc1cccc(NC(=O)C2CC2)c1)N1CCCCCC1. The van der Waals surface area contributed by atoms with Crippen molar-refractivity contribution in [3.63, 3.8) is 0 Å². The van der Waals surface area contributed by atoms with Gasteiger partial charge in [-0.3, -0.25) is 14.5 Å². The van der Waals surface area contributed by atoms with Crippen LogP contribution in [-0.2, 0) is 9.59 Å². The molecule has 2 amide bonds. The lowest BCUT2D eigenvalue weighted by molar-refractivity contribution is -0.120. The van der Waals surface area contributed by atoms with E-state index < -0.39 is 0 Å². The fourth-order valence-corrected chi connectivity index (χ4v) is 3.16. The Bertz CT molecular complexity index is 590. The summed E-state index contributed by atoms with van der Waals surface area (Å²) in [6.07, 6.45) is 6.81. The van der Waals surface area contributed by atoms with Crippen molar-refractivity contribution in [3.05, 3.63) is 24.3 Å². The number of amides is 2. The summed E-state index contributed by atoms with van der Waals surface area (Å²) in [5.74, 6) is 0.269. The van der Waals surface area contributed by atoms with Gasteiger partial charge in [-0.05, 0) is 63.9 Å². The van der Waals surface area contributed by atoms with Crippen molar-refractivity contribution < 1.29 is 9.59 Å². The van der Waals surface area contributed by atoms with E-state index in [0.29, 0.717) is 0 Å². The van der Waals surface area contributed by atoms with Gasteiger partial charge in [0.05, 0.1) is 6.04 Å². The molecule has 1 saturated carbocycles. The topological polar surface area (TPSA) is 61.4 Å². The summed E-state index contributed by atoms with van der Waals surface area (Å²) in [6, 6.07) is 7.27. The highest BCUT2D eigenvalue weighted by Crippen LogP contribution is 2.30. The summed E-state index contributed by atoms with van der Waals surface area (Å²) < 4.78 is 0. The first-order valence-corrected chi connectivity index (χ1v) is 9.09. The van der Waals surface area contributed by atoms with Crippen LogP contribution in [0.5, 0.6) is 0 Å². The van der Waals surface area contributed by atoms with E-state index in [1.165, 1.54) is 25.7 Å². The second-order valence-corrected chi connectivity index (χ2v) is 6.96. The van der Waals surface area contributed by atoms with Crippen LogP contribution >= 0.6 is 0 Å². The molecule has 1 aliphatic heterocycles. The molecule has 130 valence electrons. The van der Waals surface area contributed by atoms with Crippen LogP contribution in [0.25, 0.3) is 0 Å². The third kappa shape index (κ3) is 4.57. The molecule has 5 nitrogen and oxygen atoms in total. The lowest BCUT2D eigenvalue weighted by Crippen LogP contribution is -2.42. The third-order valence-electron chi connectivity index (χ3n) is 4.91. The minimum atomic E-state index is -0.132. The van der Waals surface area contributed by atoms with Gasteiger partial charge in [0.15, 0.2) is 0 Å². The summed E-state index contributed by atoms with van der Waals surface area (Å²) >= 11 is 0. The number of likely N-dealkylation sites (tertiary alicyclic amines) is 1. The van der Waals surface area contributed by atoms with E-state index in [-0.39, 0.29) is 23.8 Å². The Morgan fingerprint density at radius 1 is 1.04 bits per heavy atom. The average Bonchev–Trinajstić information content (AvgIpc) is 3.41. The molecule has 1 heterocycles. The summed E-state index contributed by atoms with van der Waals surface area (Å²) in [7, 11) is 0. The number of nitrogens with one attached hydrogen (secondary N) is 2. The van der Waals surface area contributed by atoms with Crippen LogP contribution < -0.4 is 10.6 Å². The van der Waals surface area contributed by atoms with Gasteiger partial charge in [-0.2, -0.15) is 0 Å². The van der Waals surface area contributed by atoms with E-state index in [2.05, 4.69) is 15.5 Å². The standard InChI is InChI=1S/C19H27N3O2/c1-14(22-11-4-2-3-5-12-22)18(23)20-16-7-6-8-17(13-16)21-19(24)15-9-10-15/h6-8,13-15H,2-5,9-12H2,1H3,(H,20,23)(H,21,24). The zero-order valence-corrected chi connectivity index (χ0v) is 14.4. The molecule has 1 atom stereocenters. The van der Waals surface area contributed by atoms with Crippen molar-refractivity contribution >= 4 is 23.2 Å². The number of hydrogen-bond donors (Lipinski definition) is 2. The van der Waals surface area contributed by atoms with Gasteiger partial charge >= 0.3 is 0 Å². The second kappa shape index (κ2) is 7.79. The van der Waals surface area contributed by atoms with Crippen LogP contribution in [0.1, 0.15) is 45.4 Å². The maximum atomic E-state index is 12.5. The van der Waals surface area contributed by atoms with Gasteiger partial charge in [0.25, 0.3) is 0 Å². The van der Waals surface area contributed by atoms with Crippen molar-refractivity contribution in [2.45, 2.75) is 51.5 Å². The number of benzene rings is 1. The first-order valence-electron chi connectivity index (χ1n) is 9.09. The highest BCUT2D eigenvalue weighted by molar-refractivity contribution is 5.97. The van der Waals surface area contributed by atoms with Gasteiger partial charge in [0.1, 0.15) is 0 Å². The quantitative estimate of drug-likeness (QED) is 0.872. The largest absolute Gasteiger partial charge is 0.326 e. The lowest BCUT2D eigenvalue weighted by atomic mass is 10.2. The second-order valence-electron chi connectivity index (χ2n) is 6.96. The molecule has 24 heavy (non-hydrogen) atoms. The van der Waals surface area contributed by atoms with Crippen molar-refractivity contribution in [3.8, 4) is 0 Å². The highest BCUT2D eigenvalue weighted by Gasteiger charge is 2.29. The molecule has 0 spiro atoms. The molecular formula is C19H27N3O2. The van der Waals surface area contributed by atoms with Crippen LogP contribution in [0.15, 0.2) is 24.3 Å². The van der Waals surface area contributed by atoms with E-state index in [1.54, 1.807) is 0 Å². The number of carbonyl (C=O) groups is 2. The zero-order chi connectivity index (χ0) is 16.9. The molecule has 1 unspecified atom stereocenters. The Morgan fingerprint density at radius 2 is 1.67 bits per heavy atom. The maximum absolute atomic E-state index is 12.5. The Morgan fingerprint density at radius 3 is 2.29 bits per heavy atom. The van der Waals surface area contributed by atoms with Gasteiger partial charge < -0.3 is 10.6 Å². The van der Waals surface area contributed by atoms with E-state index >= 15 is 0 Å². The van der Waals surface area contributed by atoms with E-state index in [0.717, 1.165) is 37.3 Å². The third-order valence-corrected chi connectivity index (χ3v) is 4.91. The van der Waals surface area contributed by atoms with Crippen molar-refractivity contribution in [2.75, 3.05) is 23.7 Å². The number of carbonyl (C=O) groups excluding carboxylic acids is 2. The molecule has 0 radical (unpaired) electrons. The van der Waals surface area contributed by atoms with Gasteiger partial charge in [-0.15, -0.1) is 0 Å². The minimum absolute atomic E-state index is 0.0163. The fraction of sp³-hybridized carbons (Fsp3) is 0.579. The molecule has 2 N–H and O–H groups in total. The molecule has 5 heteroatoms. The van der Waals surface area contributed by atoms with E-state index in [4.69, 9.17) is 0 Å². The average molecular weight is 329 g/mol. The van der Waals surface area contributed by atoms with E-state index in [1.807, 2.05) is 31.2 Å². The first kappa shape index (κ1) is 17.0. The van der Waals surface area contributed by atoms with Gasteiger partial charge in [0, 0.05) is 17.3 Å². The summed E-state index contributed by atoms with van der Waals surface area (Å²) in [5.41, 5.74) is 1.47. The van der Waals surface area contributed by atoms with Crippen LogP contribution in [0.2, 0.25) is 0 Å². The van der Waals surface area contributed by atoms with Crippen LogP contribution in [0.3, 0.4) is 0 Å². The predicted octanol–water partition coefficient (Wildman–Crippen LogP) is 3.24. The molecule has 0 aromatic heterocycles. The summed E-state index contributed by atoms with van der Waals surface area (Å²) in [4.78, 5) is 26.7. The molecule has 2 aliphatic rings. The number of hydrogen-bond acceptors (Lipinski definition) is 3. The molecule has 1 aromatic rings. The Balaban J connectivity index is 1.57. The van der Waals surface area contributed by atoms with Gasteiger partial charge in [0.2, 0.25) is 11.8 Å². The van der Waals surface area contributed by atoms with Crippen LogP contribution in [-0.4, -0.2) is 35.8 Å². The summed E-state index contributed by atoms with van der Waals surface area (Å²) in [6.45, 7) is 3.96. The number of nitrogens with zero attached hydrogens (tertiary/aromatic N) is 1. The van der Waals surface area contributed by atoms with E-state index in [9.17, 15) is 9.59 Å². The van der Waals surface area contributed by atoms with Crippen LogP contribution in [0.4, 0.5) is 11.4 Å². The molecule has 1 aromatic carbocycles. The lowest BCUT2D eigenvalue weighted by Gasteiger charge is -2.26. The fourth-order valence-electron chi connectivity index (χ4n) is 3.16. The van der Waals surface area contributed by atoms with Crippen molar-refractivity contribution in [1.82, 2.24) is 4.90 Å². The predicted molar refractivity (Wildman–Crippen MR) is 95.9 cm³/mol. The number of rotatable bonds is 5. The minimum Gasteiger partial charge on any atom is -0.326 e. The smallest absolute Gasteiger partial charge is 0.241 e. The molecule has 1 saturated heterocycles. The van der Waals surface area contributed by atoms with Gasteiger partial charge in [-0.1, -0.05) is 18.9 Å². The zero-order valence-electron chi connectivity index (χ0n) is 14.4. The molecule has 1 aliphatic carbocycles. The first-order chi connectivity index (χ1) is 11.6. The van der Waals surface area contributed by atoms with Crippen LogP contribution in [0, 0.1) is 5.92 Å². The molecule has 3 rings (SSSR count). The monoisotopic (exact) mass is 329 g/mol. The molecule has 2 fully saturated rings. The Labute approximate surface area is 143 Å². The highest BCUT2D eigenvalue weighted by atomic mass is 16.2. The van der Waals surface area contributed by atoms with Crippen molar-refractivity contribution in [2.24, 2.45) is 5.92 Å². The maximum Gasteiger partial charge on any atom is 0.241 e.